The predicted octanol–water partition coefficient (Wildman–Crippen LogP) is 11.0. The van der Waals surface area contributed by atoms with Crippen LogP contribution < -0.4 is 0 Å². The number of furan rings is 1. The van der Waals surface area contributed by atoms with Crippen molar-refractivity contribution >= 4 is 54.5 Å². The van der Waals surface area contributed by atoms with Crippen LogP contribution in [0.25, 0.3) is 94.4 Å². The molecule has 0 fully saturated rings. The number of hydrogen-bond donors (Lipinski definition) is 0. The van der Waals surface area contributed by atoms with Gasteiger partial charge < -0.3 is 8.98 Å². The maximum absolute atomic E-state index is 6.43. The lowest BCUT2D eigenvalue weighted by Gasteiger charge is -2.10. The first-order valence-electron chi connectivity index (χ1n) is 16.0. The van der Waals surface area contributed by atoms with Crippen LogP contribution in [0.2, 0.25) is 0 Å². The Kier molecular flexibility index (Phi) is 5.81. The van der Waals surface area contributed by atoms with E-state index in [9.17, 15) is 0 Å². The summed E-state index contributed by atoms with van der Waals surface area (Å²) >= 11 is 0. The Labute approximate surface area is 275 Å². The zero-order chi connectivity index (χ0) is 31.6. The molecule has 10 aromatic rings. The van der Waals surface area contributed by atoms with Crippen molar-refractivity contribution in [1.82, 2.24) is 19.5 Å². The van der Waals surface area contributed by atoms with Crippen LogP contribution >= 0.6 is 0 Å². The van der Waals surface area contributed by atoms with Gasteiger partial charge in [0, 0.05) is 43.9 Å². The summed E-state index contributed by atoms with van der Waals surface area (Å²) in [5.41, 5.74) is 7.75. The summed E-state index contributed by atoms with van der Waals surface area (Å²) in [6.07, 6.45) is 0. The highest BCUT2D eigenvalue weighted by Gasteiger charge is 2.20. The predicted molar refractivity (Wildman–Crippen MR) is 195 cm³/mol. The van der Waals surface area contributed by atoms with Crippen molar-refractivity contribution in [3.8, 4) is 39.9 Å². The third-order valence-corrected chi connectivity index (χ3v) is 9.22. The van der Waals surface area contributed by atoms with E-state index >= 15 is 0 Å². The molecule has 0 atom stereocenters. The molecular weight excluding hydrogens is 589 g/mol. The normalized spacial score (nSPS) is 11.8. The fraction of sp³-hybridized carbons (Fsp3) is 0. The van der Waals surface area contributed by atoms with Gasteiger partial charge in [-0.15, -0.1) is 0 Å². The SMILES string of the molecule is c1ccc(-c2nc(-c3ccc4c(c3)oc3cc5ccccc5cc34)nc(-c3cccc4c3c3ccccc3n4-c3ccccc3)n2)cc1. The van der Waals surface area contributed by atoms with Crippen LogP contribution in [0.3, 0.4) is 0 Å². The Morgan fingerprint density at radius 2 is 1.06 bits per heavy atom. The molecule has 0 N–H and O–H groups in total. The fourth-order valence-electron chi connectivity index (χ4n) is 7.00. The monoisotopic (exact) mass is 614 g/mol. The molecule has 0 saturated carbocycles. The molecule has 10 rings (SSSR count). The van der Waals surface area contributed by atoms with Crippen LogP contribution in [0.5, 0.6) is 0 Å². The van der Waals surface area contributed by atoms with Crippen LogP contribution in [0.1, 0.15) is 0 Å². The van der Waals surface area contributed by atoms with Crippen molar-refractivity contribution in [3.05, 3.63) is 158 Å². The van der Waals surface area contributed by atoms with Gasteiger partial charge in [0.2, 0.25) is 0 Å². The van der Waals surface area contributed by atoms with E-state index in [1.165, 1.54) is 5.39 Å². The second-order valence-electron chi connectivity index (χ2n) is 12.1. The van der Waals surface area contributed by atoms with Crippen molar-refractivity contribution in [2.24, 2.45) is 0 Å². The average Bonchev–Trinajstić information content (AvgIpc) is 3.69. The largest absolute Gasteiger partial charge is 0.456 e. The molecule has 0 spiro atoms. The lowest BCUT2D eigenvalue weighted by molar-refractivity contribution is 0.669. The van der Waals surface area contributed by atoms with Crippen molar-refractivity contribution in [3.63, 3.8) is 0 Å². The number of fused-ring (bicyclic) bond motifs is 7. The zero-order valence-corrected chi connectivity index (χ0v) is 25.7. The van der Waals surface area contributed by atoms with E-state index in [-0.39, 0.29) is 0 Å². The van der Waals surface area contributed by atoms with Gasteiger partial charge >= 0.3 is 0 Å². The maximum atomic E-state index is 6.43. The van der Waals surface area contributed by atoms with Gasteiger partial charge in [-0.3, -0.25) is 0 Å². The summed E-state index contributed by atoms with van der Waals surface area (Å²) in [4.78, 5) is 15.3. The molecule has 224 valence electrons. The molecule has 0 aliphatic heterocycles. The lowest BCUT2D eigenvalue weighted by Crippen LogP contribution is -2.00. The van der Waals surface area contributed by atoms with Gasteiger partial charge in [0.15, 0.2) is 17.5 Å². The maximum Gasteiger partial charge on any atom is 0.164 e. The quantitative estimate of drug-likeness (QED) is 0.198. The van der Waals surface area contributed by atoms with E-state index in [1.54, 1.807) is 0 Å². The van der Waals surface area contributed by atoms with E-state index in [4.69, 9.17) is 19.4 Å². The highest BCUT2D eigenvalue weighted by atomic mass is 16.3. The molecule has 0 radical (unpaired) electrons. The summed E-state index contributed by atoms with van der Waals surface area (Å²) in [6, 6.07) is 54.4. The lowest BCUT2D eigenvalue weighted by atomic mass is 10.0. The Bertz CT molecular complexity index is 2830. The van der Waals surface area contributed by atoms with Crippen molar-refractivity contribution < 1.29 is 4.42 Å². The number of para-hydroxylation sites is 2. The Morgan fingerprint density at radius 3 is 1.90 bits per heavy atom. The van der Waals surface area contributed by atoms with Gasteiger partial charge in [0.1, 0.15) is 11.2 Å². The molecule has 3 aromatic heterocycles. The second-order valence-corrected chi connectivity index (χ2v) is 12.1. The average molecular weight is 615 g/mol. The molecule has 3 heterocycles. The second kappa shape index (κ2) is 10.5. The van der Waals surface area contributed by atoms with E-state index < -0.39 is 0 Å². The van der Waals surface area contributed by atoms with Crippen molar-refractivity contribution in [2.75, 3.05) is 0 Å². The van der Waals surface area contributed by atoms with E-state index in [2.05, 4.69) is 126 Å². The van der Waals surface area contributed by atoms with Crippen LogP contribution in [0.15, 0.2) is 162 Å². The molecule has 0 bridgehead atoms. The minimum atomic E-state index is 0.593. The molecule has 0 amide bonds. The van der Waals surface area contributed by atoms with Crippen LogP contribution in [0, 0.1) is 0 Å². The Morgan fingerprint density at radius 1 is 0.417 bits per heavy atom. The van der Waals surface area contributed by atoms with Gasteiger partial charge in [-0.05, 0) is 59.3 Å². The van der Waals surface area contributed by atoms with E-state index in [0.717, 1.165) is 71.5 Å². The van der Waals surface area contributed by atoms with Gasteiger partial charge in [0.25, 0.3) is 0 Å². The minimum Gasteiger partial charge on any atom is -0.456 e. The van der Waals surface area contributed by atoms with Crippen LogP contribution in [-0.4, -0.2) is 19.5 Å². The van der Waals surface area contributed by atoms with Crippen molar-refractivity contribution in [2.45, 2.75) is 0 Å². The first-order valence-corrected chi connectivity index (χ1v) is 16.0. The number of benzene rings is 7. The fourth-order valence-corrected chi connectivity index (χ4v) is 7.00. The highest BCUT2D eigenvalue weighted by Crippen LogP contribution is 2.39. The molecule has 48 heavy (non-hydrogen) atoms. The summed E-state index contributed by atoms with van der Waals surface area (Å²) in [5.74, 6) is 1.84. The molecule has 7 aromatic carbocycles. The number of nitrogens with zero attached hydrogens (tertiary/aromatic N) is 4. The molecule has 0 aliphatic rings. The molecule has 5 nitrogen and oxygen atoms in total. The summed E-state index contributed by atoms with van der Waals surface area (Å²) < 4.78 is 8.74. The number of hydrogen-bond acceptors (Lipinski definition) is 4. The summed E-state index contributed by atoms with van der Waals surface area (Å²) in [7, 11) is 0. The third kappa shape index (κ3) is 4.15. The zero-order valence-electron chi connectivity index (χ0n) is 25.7. The summed E-state index contributed by atoms with van der Waals surface area (Å²) in [5, 5.41) is 6.75. The molecule has 5 heteroatoms. The van der Waals surface area contributed by atoms with Crippen LogP contribution in [-0.2, 0) is 0 Å². The Balaban J connectivity index is 1.21. The molecule has 0 aliphatic carbocycles. The van der Waals surface area contributed by atoms with Gasteiger partial charge in [-0.1, -0.05) is 109 Å². The molecule has 0 unspecified atom stereocenters. The van der Waals surface area contributed by atoms with Gasteiger partial charge in [0.05, 0.1) is 11.0 Å². The number of aromatic nitrogens is 4. The summed E-state index contributed by atoms with van der Waals surface area (Å²) in [6.45, 7) is 0. The van der Waals surface area contributed by atoms with Gasteiger partial charge in [-0.25, -0.2) is 15.0 Å². The topological polar surface area (TPSA) is 56.7 Å². The van der Waals surface area contributed by atoms with Gasteiger partial charge in [-0.2, -0.15) is 0 Å². The minimum absolute atomic E-state index is 0.593. The molecular formula is C43H26N4O. The standard InChI is InChI=1S/C43H26N4O/c1-3-12-27(13-4-1)41-44-42(30-22-23-32-35-24-28-14-7-8-15-29(28)25-39(35)48-38(32)26-30)46-43(45-41)34-19-11-21-37-40(34)33-18-9-10-20-36(33)47(37)31-16-5-2-6-17-31/h1-26H. The highest BCUT2D eigenvalue weighted by molar-refractivity contribution is 6.15. The third-order valence-electron chi connectivity index (χ3n) is 9.22. The number of rotatable bonds is 4. The Hall–Kier alpha value is -6.59. The van der Waals surface area contributed by atoms with Crippen LogP contribution in [0.4, 0.5) is 0 Å². The van der Waals surface area contributed by atoms with E-state index in [1.807, 2.05) is 36.4 Å². The van der Waals surface area contributed by atoms with Crippen molar-refractivity contribution in [1.29, 1.82) is 0 Å². The van der Waals surface area contributed by atoms with E-state index in [0.29, 0.717) is 17.5 Å². The molecule has 0 saturated heterocycles. The smallest absolute Gasteiger partial charge is 0.164 e. The first-order chi connectivity index (χ1) is 23.8. The first kappa shape index (κ1) is 26.6.